The Morgan fingerprint density at radius 2 is 1.91 bits per heavy atom. The SMILES string of the molecule is Cc1occc1C(=O)N/N=C1\CCCc2oc(C(=O)Nc3cccc4cccnc34)c(C)c21. The maximum atomic E-state index is 13.1. The van der Waals surface area contributed by atoms with Gasteiger partial charge < -0.3 is 14.2 Å². The van der Waals surface area contributed by atoms with Crippen molar-refractivity contribution >= 4 is 34.1 Å². The van der Waals surface area contributed by atoms with Crippen LogP contribution in [-0.4, -0.2) is 22.5 Å². The Morgan fingerprint density at radius 3 is 2.73 bits per heavy atom. The van der Waals surface area contributed by atoms with Gasteiger partial charge in [0.15, 0.2) is 5.76 Å². The number of para-hydroxylation sites is 1. The van der Waals surface area contributed by atoms with Gasteiger partial charge in [0.05, 0.1) is 28.7 Å². The Morgan fingerprint density at radius 1 is 1.06 bits per heavy atom. The van der Waals surface area contributed by atoms with Gasteiger partial charge in [-0.1, -0.05) is 18.2 Å². The molecule has 33 heavy (non-hydrogen) atoms. The molecule has 2 amide bonds. The molecular formula is C25H22N4O4. The Labute approximate surface area is 189 Å². The lowest BCUT2D eigenvalue weighted by atomic mass is 9.93. The van der Waals surface area contributed by atoms with Crippen molar-refractivity contribution in [3.05, 3.63) is 82.8 Å². The summed E-state index contributed by atoms with van der Waals surface area (Å²) >= 11 is 0. The molecule has 1 aliphatic rings. The monoisotopic (exact) mass is 442 g/mol. The van der Waals surface area contributed by atoms with Crippen molar-refractivity contribution in [2.75, 3.05) is 5.32 Å². The molecule has 0 spiro atoms. The van der Waals surface area contributed by atoms with Crippen molar-refractivity contribution in [1.29, 1.82) is 0 Å². The van der Waals surface area contributed by atoms with Crippen molar-refractivity contribution in [3.8, 4) is 0 Å². The highest BCUT2D eigenvalue weighted by molar-refractivity contribution is 6.11. The van der Waals surface area contributed by atoms with Gasteiger partial charge >= 0.3 is 0 Å². The first-order valence-electron chi connectivity index (χ1n) is 10.7. The van der Waals surface area contributed by atoms with Crippen LogP contribution in [0.2, 0.25) is 0 Å². The van der Waals surface area contributed by atoms with Gasteiger partial charge in [-0.2, -0.15) is 5.10 Å². The number of nitrogens with one attached hydrogen (secondary N) is 2. The van der Waals surface area contributed by atoms with Crippen LogP contribution >= 0.6 is 0 Å². The number of furan rings is 2. The summed E-state index contributed by atoms with van der Waals surface area (Å²) in [5, 5.41) is 8.21. The van der Waals surface area contributed by atoms with Gasteiger partial charge in [0.1, 0.15) is 11.5 Å². The predicted molar refractivity (Wildman–Crippen MR) is 124 cm³/mol. The summed E-state index contributed by atoms with van der Waals surface area (Å²) in [5.74, 6) is 0.770. The molecule has 4 aromatic rings. The van der Waals surface area contributed by atoms with Crippen LogP contribution in [0.15, 0.2) is 62.8 Å². The molecular weight excluding hydrogens is 420 g/mol. The van der Waals surface area contributed by atoms with Crippen molar-refractivity contribution in [3.63, 3.8) is 0 Å². The second kappa shape index (κ2) is 8.38. The van der Waals surface area contributed by atoms with Crippen LogP contribution in [-0.2, 0) is 6.42 Å². The minimum absolute atomic E-state index is 0.236. The van der Waals surface area contributed by atoms with E-state index < -0.39 is 0 Å². The van der Waals surface area contributed by atoms with E-state index in [-0.39, 0.29) is 17.6 Å². The van der Waals surface area contributed by atoms with Gasteiger partial charge in [0.2, 0.25) is 0 Å². The van der Waals surface area contributed by atoms with Crippen LogP contribution in [0, 0.1) is 13.8 Å². The molecule has 0 aliphatic heterocycles. The Kier molecular flexibility index (Phi) is 5.26. The molecule has 3 heterocycles. The van der Waals surface area contributed by atoms with Gasteiger partial charge in [-0.3, -0.25) is 14.6 Å². The van der Waals surface area contributed by atoms with E-state index in [9.17, 15) is 9.59 Å². The van der Waals surface area contributed by atoms with Gasteiger partial charge in [0.25, 0.3) is 11.8 Å². The van der Waals surface area contributed by atoms with Crippen molar-refractivity contribution in [1.82, 2.24) is 10.4 Å². The molecule has 0 radical (unpaired) electrons. The first-order chi connectivity index (χ1) is 16.0. The maximum Gasteiger partial charge on any atom is 0.291 e. The number of anilines is 1. The number of hydrogen-bond acceptors (Lipinski definition) is 6. The number of aromatic nitrogens is 1. The third kappa shape index (κ3) is 3.80. The number of hydrazone groups is 1. The summed E-state index contributed by atoms with van der Waals surface area (Å²) in [6.07, 6.45) is 5.34. The number of nitrogens with zero attached hydrogens (tertiary/aromatic N) is 2. The van der Waals surface area contributed by atoms with Crippen molar-refractivity contribution < 1.29 is 18.4 Å². The Balaban J connectivity index is 1.42. The molecule has 1 aliphatic carbocycles. The normalized spacial score (nSPS) is 14.3. The molecule has 0 saturated carbocycles. The number of aryl methyl sites for hydroxylation is 2. The molecule has 0 unspecified atom stereocenters. The smallest absolute Gasteiger partial charge is 0.291 e. The molecule has 2 N–H and O–H groups in total. The summed E-state index contributed by atoms with van der Waals surface area (Å²) in [6.45, 7) is 3.55. The summed E-state index contributed by atoms with van der Waals surface area (Å²) in [4.78, 5) is 29.9. The highest BCUT2D eigenvalue weighted by Gasteiger charge is 2.28. The van der Waals surface area contributed by atoms with Gasteiger partial charge in [-0.25, -0.2) is 5.43 Å². The minimum atomic E-state index is -0.350. The minimum Gasteiger partial charge on any atom is -0.469 e. The van der Waals surface area contributed by atoms with Gasteiger partial charge in [-0.15, -0.1) is 0 Å². The summed E-state index contributed by atoms with van der Waals surface area (Å²) in [5.41, 5.74) is 6.53. The van der Waals surface area contributed by atoms with E-state index in [1.54, 1.807) is 19.2 Å². The number of amides is 2. The van der Waals surface area contributed by atoms with E-state index in [2.05, 4.69) is 20.8 Å². The zero-order valence-electron chi connectivity index (χ0n) is 18.3. The number of carbonyl (C=O) groups excluding carboxylic acids is 2. The molecule has 3 aromatic heterocycles. The summed E-state index contributed by atoms with van der Waals surface area (Å²) in [7, 11) is 0. The molecule has 166 valence electrons. The number of benzene rings is 1. The molecule has 0 atom stereocenters. The van der Waals surface area contributed by atoms with Gasteiger partial charge in [-0.05, 0) is 44.9 Å². The van der Waals surface area contributed by atoms with Crippen molar-refractivity contribution in [2.24, 2.45) is 5.10 Å². The van der Waals surface area contributed by atoms with Crippen LogP contribution in [0.5, 0.6) is 0 Å². The van der Waals surface area contributed by atoms with Crippen LogP contribution in [0.1, 0.15) is 56.4 Å². The third-order valence-corrected chi connectivity index (χ3v) is 5.81. The number of rotatable bonds is 4. The van der Waals surface area contributed by atoms with E-state index in [0.717, 1.165) is 17.4 Å². The number of pyridine rings is 1. The Bertz CT molecular complexity index is 1410. The van der Waals surface area contributed by atoms with E-state index >= 15 is 0 Å². The standard InChI is InChI=1S/C25H22N4O4/c1-14-21-18(28-29-24(30)17-11-13-32-15(17)2)8-4-10-20(21)33-23(14)25(31)27-19-9-3-6-16-7-5-12-26-22(16)19/h3,5-7,9,11-13H,4,8,10H2,1-2H3,(H,27,31)(H,29,30)/b28-18+. The molecule has 1 aromatic carbocycles. The number of hydrogen-bond donors (Lipinski definition) is 2. The first-order valence-corrected chi connectivity index (χ1v) is 10.7. The first kappa shape index (κ1) is 20.7. The van der Waals surface area contributed by atoms with Crippen molar-refractivity contribution in [2.45, 2.75) is 33.1 Å². The molecule has 0 saturated heterocycles. The fourth-order valence-corrected chi connectivity index (χ4v) is 4.18. The molecule has 0 bridgehead atoms. The molecule has 8 nitrogen and oxygen atoms in total. The highest BCUT2D eigenvalue weighted by Crippen LogP contribution is 2.31. The number of carbonyl (C=O) groups is 2. The quantitative estimate of drug-likeness (QED) is 0.443. The maximum absolute atomic E-state index is 13.1. The van der Waals surface area contributed by atoms with E-state index in [1.165, 1.54) is 6.26 Å². The second-order valence-electron chi connectivity index (χ2n) is 7.93. The second-order valence-corrected chi connectivity index (χ2v) is 7.93. The van der Waals surface area contributed by atoms with Crippen LogP contribution < -0.4 is 10.7 Å². The lowest BCUT2D eigenvalue weighted by Crippen LogP contribution is -2.22. The average Bonchev–Trinajstić information content (AvgIpc) is 3.41. The zero-order valence-corrected chi connectivity index (χ0v) is 18.3. The highest BCUT2D eigenvalue weighted by atomic mass is 16.4. The fraction of sp³-hybridized carbons (Fsp3) is 0.200. The van der Waals surface area contributed by atoms with Crippen LogP contribution in [0.25, 0.3) is 10.9 Å². The fourth-order valence-electron chi connectivity index (χ4n) is 4.18. The van der Waals surface area contributed by atoms with E-state index in [0.29, 0.717) is 52.4 Å². The molecule has 0 fully saturated rings. The van der Waals surface area contributed by atoms with Gasteiger partial charge in [0, 0.05) is 29.1 Å². The lowest BCUT2D eigenvalue weighted by Gasteiger charge is -2.13. The van der Waals surface area contributed by atoms with E-state index in [1.807, 2.05) is 37.3 Å². The summed E-state index contributed by atoms with van der Waals surface area (Å²) < 4.78 is 11.2. The van der Waals surface area contributed by atoms with Crippen LogP contribution in [0.3, 0.4) is 0 Å². The molecule has 5 rings (SSSR count). The largest absolute Gasteiger partial charge is 0.469 e. The average molecular weight is 442 g/mol. The molecule has 8 heteroatoms. The predicted octanol–water partition coefficient (Wildman–Crippen LogP) is 4.76. The Hall–Kier alpha value is -4.20. The van der Waals surface area contributed by atoms with Crippen LogP contribution in [0.4, 0.5) is 5.69 Å². The zero-order chi connectivity index (χ0) is 22.9. The number of fused-ring (bicyclic) bond motifs is 2. The summed E-state index contributed by atoms with van der Waals surface area (Å²) in [6, 6.07) is 11.0. The van der Waals surface area contributed by atoms with E-state index in [4.69, 9.17) is 8.83 Å². The third-order valence-electron chi connectivity index (χ3n) is 5.81. The topological polar surface area (TPSA) is 110 Å². The lowest BCUT2D eigenvalue weighted by molar-refractivity contribution is 0.0952.